The third-order valence-corrected chi connectivity index (χ3v) is 5.39. The highest BCUT2D eigenvalue weighted by Crippen LogP contribution is 2.28. The molecule has 4 heteroatoms. The zero-order chi connectivity index (χ0) is 15.8. The van der Waals surface area contributed by atoms with Crippen LogP contribution in [0.25, 0.3) is 11.3 Å². The third kappa shape index (κ3) is 2.83. The molecule has 0 bridgehead atoms. The number of aryl methyl sites for hydroxylation is 1. The van der Waals surface area contributed by atoms with E-state index in [1.54, 1.807) is 13.1 Å². The summed E-state index contributed by atoms with van der Waals surface area (Å²) in [6, 6.07) is 10.9. The van der Waals surface area contributed by atoms with Gasteiger partial charge >= 0.3 is 0 Å². The smallest absolute Gasteiger partial charge is 0.266 e. The van der Waals surface area contributed by atoms with Crippen molar-refractivity contribution in [3.8, 4) is 11.3 Å². The number of rotatable bonds is 2. The molecule has 2 heterocycles. The molecular formula is C19H23N3O. The Kier molecular flexibility index (Phi) is 3.77. The molecule has 120 valence electrons. The molecule has 1 fully saturated rings. The van der Waals surface area contributed by atoms with E-state index in [2.05, 4.69) is 28.2 Å². The maximum atomic E-state index is 11.5. The average molecular weight is 309 g/mol. The van der Waals surface area contributed by atoms with Gasteiger partial charge in [-0.15, -0.1) is 0 Å². The molecule has 1 saturated carbocycles. The van der Waals surface area contributed by atoms with Crippen molar-refractivity contribution in [2.24, 2.45) is 7.05 Å². The molecule has 1 aromatic heterocycles. The lowest BCUT2D eigenvalue weighted by Crippen LogP contribution is -2.41. The third-order valence-electron chi connectivity index (χ3n) is 5.39. The Balaban J connectivity index is 1.60. The average Bonchev–Trinajstić information content (AvgIpc) is 2.71. The number of nitrogens with zero attached hydrogens (tertiary/aromatic N) is 3. The van der Waals surface area contributed by atoms with Gasteiger partial charge in [0.1, 0.15) is 0 Å². The fourth-order valence-corrected chi connectivity index (χ4v) is 3.68. The topological polar surface area (TPSA) is 38.1 Å². The van der Waals surface area contributed by atoms with Crippen molar-refractivity contribution in [3.63, 3.8) is 0 Å². The number of fused-ring (bicyclic) bond motifs is 1. The van der Waals surface area contributed by atoms with E-state index in [0.29, 0.717) is 0 Å². The van der Waals surface area contributed by atoms with Crippen LogP contribution in [-0.4, -0.2) is 33.8 Å². The zero-order valence-corrected chi connectivity index (χ0v) is 13.7. The second kappa shape index (κ2) is 5.93. The first-order chi connectivity index (χ1) is 11.2. The summed E-state index contributed by atoms with van der Waals surface area (Å²) >= 11 is 0. The summed E-state index contributed by atoms with van der Waals surface area (Å²) in [5, 5.41) is 4.37. The molecule has 4 rings (SSSR count). The Morgan fingerprint density at radius 2 is 1.83 bits per heavy atom. The molecule has 0 N–H and O–H groups in total. The van der Waals surface area contributed by atoms with E-state index in [1.165, 1.54) is 48.2 Å². The molecule has 0 saturated heterocycles. The molecular weight excluding hydrogens is 286 g/mol. The number of hydrogen-bond acceptors (Lipinski definition) is 3. The predicted molar refractivity (Wildman–Crippen MR) is 91.5 cm³/mol. The van der Waals surface area contributed by atoms with Crippen LogP contribution in [-0.2, 0) is 19.9 Å². The van der Waals surface area contributed by atoms with Gasteiger partial charge in [0.15, 0.2) is 0 Å². The zero-order valence-electron chi connectivity index (χ0n) is 13.7. The first-order valence-corrected chi connectivity index (χ1v) is 8.61. The van der Waals surface area contributed by atoms with Crippen molar-refractivity contribution in [1.29, 1.82) is 0 Å². The minimum atomic E-state index is -0.0698. The molecule has 0 unspecified atom stereocenters. The van der Waals surface area contributed by atoms with Gasteiger partial charge in [-0.05, 0) is 48.9 Å². The van der Waals surface area contributed by atoms with Gasteiger partial charge < -0.3 is 0 Å². The van der Waals surface area contributed by atoms with Gasteiger partial charge in [0.2, 0.25) is 0 Å². The van der Waals surface area contributed by atoms with Crippen molar-refractivity contribution in [2.45, 2.75) is 38.1 Å². The molecule has 1 aromatic carbocycles. The summed E-state index contributed by atoms with van der Waals surface area (Å²) in [5.74, 6) is 0. The molecule has 0 radical (unpaired) electrons. The van der Waals surface area contributed by atoms with E-state index in [9.17, 15) is 4.79 Å². The van der Waals surface area contributed by atoms with Gasteiger partial charge in [-0.25, -0.2) is 4.68 Å². The minimum Gasteiger partial charge on any atom is -0.300 e. The lowest BCUT2D eigenvalue weighted by Gasteiger charge is -2.36. The van der Waals surface area contributed by atoms with Crippen LogP contribution in [0.15, 0.2) is 35.1 Å². The standard InChI is InChI=1S/C19H23N3O/c1-21-19(23)8-7-18(20-21)16-6-5-14-9-11-22(17-3-2-4-17)12-10-15(14)13-16/h5-8,13,17H,2-4,9-12H2,1H3. The van der Waals surface area contributed by atoms with Gasteiger partial charge in [-0.3, -0.25) is 9.69 Å². The van der Waals surface area contributed by atoms with E-state index in [0.717, 1.165) is 30.1 Å². The summed E-state index contributed by atoms with van der Waals surface area (Å²) in [6.45, 7) is 2.36. The second-order valence-electron chi connectivity index (χ2n) is 6.78. The van der Waals surface area contributed by atoms with E-state index in [4.69, 9.17) is 0 Å². The van der Waals surface area contributed by atoms with Crippen LogP contribution < -0.4 is 5.56 Å². The second-order valence-corrected chi connectivity index (χ2v) is 6.78. The first kappa shape index (κ1) is 14.6. The van der Waals surface area contributed by atoms with Crippen LogP contribution in [0.1, 0.15) is 30.4 Å². The van der Waals surface area contributed by atoms with Crippen LogP contribution in [0.3, 0.4) is 0 Å². The largest absolute Gasteiger partial charge is 0.300 e. The van der Waals surface area contributed by atoms with Gasteiger partial charge in [0.05, 0.1) is 5.69 Å². The number of hydrogen-bond donors (Lipinski definition) is 0. The van der Waals surface area contributed by atoms with Gasteiger partial charge in [-0.2, -0.15) is 5.10 Å². The SMILES string of the molecule is Cn1nc(-c2ccc3c(c2)CCN(C2CCC2)CC3)ccc1=O. The predicted octanol–water partition coefficient (Wildman–Crippen LogP) is 2.40. The van der Waals surface area contributed by atoms with Gasteiger partial charge in [0, 0.05) is 37.8 Å². The summed E-state index contributed by atoms with van der Waals surface area (Å²) in [4.78, 5) is 14.2. The Morgan fingerprint density at radius 3 is 2.52 bits per heavy atom. The number of aromatic nitrogens is 2. The summed E-state index contributed by atoms with van der Waals surface area (Å²) in [6.07, 6.45) is 6.42. The molecule has 0 atom stereocenters. The molecule has 0 spiro atoms. The molecule has 1 aliphatic heterocycles. The fraction of sp³-hybridized carbons (Fsp3) is 0.474. The Hall–Kier alpha value is -1.94. The highest BCUT2D eigenvalue weighted by atomic mass is 16.1. The van der Waals surface area contributed by atoms with Crippen molar-refractivity contribution < 1.29 is 0 Å². The lowest BCUT2D eigenvalue weighted by molar-refractivity contribution is 0.133. The van der Waals surface area contributed by atoms with Crippen LogP contribution in [0.2, 0.25) is 0 Å². The Labute approximate surface area is 136 Å². The minimum absolute atomic E-state index is 0.0698. The monoisotopic (exact) mass is 309 g/mol. The van der Waals surface area contributed by atoms with E-state index in [1.807, 2.05) is 6.07 Å². The van der Waals surface area contributed by atoms with Gasteiger partial charge in [0.25, 0.3) is 5.56 Å². The van der Waals surface area contributed by atoms with Crippen molar-refractivity contribution in [1.82, 2.24) is 14.7 Å². The van der Waals surface area contributed by atoms with E-state index >= 15 is 0 Å². The van der Waals surface area contributed by atoms with Crippen LogP contribution in [0.5, 0.6) is 0 Å². The number of benzene rings is 1. The van der Waals surface area contributed by atoms with Gasteiger partial charge in [-0.1, -0.05) is 18.6 Å². The Bertz CT molecular complexity index is 776. The molecule has 1 aliphatic carbocycles. The first-order valence-electron chi connectivity index (χ1n) is 8.61. The molecule has 2 aromatic rings. The van der Waals surface area contributed by atoms with Crippen LogP contribution in [0.4, 0.5) is 0 Å². The summed E-state index contributed by atoms with van der Waals surface area (Å²) in [7, 11) is 1.70. The maximum absolute atomic E-state index is 11.5. The maximum Gasteiger partial charge on any atom is 0.266 e. The lowest BCUT2D eigenvalue weighted by atomic mass is 9.91. The molecule has 0 amide bonds. The molecule has 4 nitrogen and oxygen atoms in total. The highest BCUT2D eigenvalue weighted by molar-refractivity contribution is 5.60. The Morgan fingerprint density at radius 1 is 1.04 bits per heavy atom. The van der Waals surface area contributed by atoms with Crippen molar-refractivity contribution >= 4 is 0 Å². The molecule has 2 aliphatic rings. The quantitative estimate of drug-likeness (QED) is 0.855. The summed E-state index contributed by atoms with van der Waals surface area (Å²) < 4.78 is 1.40. The van der Waals surface area contributed by atoms with Crippen LogP contribution >= 0.6 is 0 Å². The highest BCUT2D eigenvalue weighted by Gasteiger charge is 2.26. The van der Waals surface area contributed by atoms with E-state index in [-0.39, 0.29) is 5.56 Å². The fourth-order valence-electron chi connectivity index (χ4n) is 3.68. The van der Waals surface area contributed by atoms with E-state index < -0.39 is 0 Å². The van der Waals surface area contributed by atoms with Crippen molar-refractivity contribution in [3.05, 3.63) is 51.8 Å². The van der Waals surface area contributed by atoms with Crippen molar-refractivity contribution in [2.75, 3.05) is 13.1 Å². The van der Waals surface area contributed by atoms with Crippen LogP contribution in [0, 0.1) is 0 Å². The summed E-state index contributed by atoms with van der Waals surface area (Å²) in [5.41, 5.74) is 4.83. The normalized spacial score (nSPS) is 19.0. The molecule has 23 heavy (non-hydrogen) atoms.